The van der Waals surface area contributed by atoms with E-state index < -0.39 is 8.32 Å². The number of unbranched alkanes of at least 4 members (excludes halogenated alkanes) is 2. The Morgan fingerprint density at radius 3 is 2.11 bits per heavy atom. The van der Waals surface area contributed by atoms with E-state index in [1.165, 1.54) is 37.4 Å². The maximum Gasteiger partial charge on any atom is 0.192 e. The molecule has 0 aromatic carbocycles. The fourth-order valence-electron chi connectivity index (χ4n) is 2.32. The summed E-state index contributed by atoms with van der Waals surface area (Å²) < 4.78 is 6.48. The Hall–Kier alpha value is -0.123. The van der Waals surface area contributed by atoms with Crippen molar-refractivity contribution in [2.24, 2.45) is 0 Å². The van der Waals surface area contributed by atoms with Crippen molar-refractivity contribution in [3.8, 4) is 0 Å². The zero-order valence-electron chi connectivity index (χ0n) is 12.7. The van der Waals surface area contributed by atoms with Gasteiger partial charge in [-0.15, -0.1) is 0 Å². The molecule has 0 aromatic heterocycles. The van der Waals surface area contributed by atoms with Crippen LogP contribution < -0.4 is 0 Å². The SMILES string of the molecule is CCCCC[C@@H](/C=C/CO)O[Si](CC)(CC)CC. The van der Waals surface area contributed by atoms with E-state index >= 15 is 0 Å². The van der Waals surface area contributed by atoms with Gasteiger partial charge in [0.1, 0.15) is 0 Å². The minimum Gasteiger partial charge on any atom is -0.411 e. The molecule has 108 valence electrons. The van der Waals surface area contributed by atoms with Crippen LogP contribution in [0.5, 0.6) is 0 Å². The second-order valence-electron chi connectivity index (χ2n) is 5.01. The first-order chi connectivity index (χ1) is 8.67. The summed E-state index contributed by atoms with van der Waals surface area (Å²) >= 11 is 0. The van der Waals surface area contributed by atoms with Gasteiger partial charge in [-0.1, -0.05) is 59.1 Å². The van der Waals surface area contributed by atoms with Crippen LogP contribution in [0.25, 0.3) is 0 Å². The molecule has 0 radical (unpaired) electrons. The molecule has 0 unspecified atom stereocenters. The normalized spacial score (nSPS) is 14.3. The highest BCUT2D eigenvalue weighted by molar-refractivity contribution is 6.73. The van der Waals surface area contributed by atoms with Crippen LogP contribution in [0.1, 0.15) is 53.4 Å². The Balaban J connectivity index is 4.48. The number of aliphatic hydroxyl groups is 1. The molecule has 1 N–H and O–H groups in total. The van der Waals surface area contributed by atoms with Crippen molar-refractivity contribution >= 4 is 8.32 Å². The van der Waals surface area contributed by atoms with Crippen molar-refractivity contribution < 1.29 is 9.53 Å². The molecular weight excluding hydrogens is 240 g/mol. The third kappa shape index (κ3) is 6.71. The first-order valence-electron chi connectivity index (χ1n) is 7.63. The van der Waals surface area contributed by atoms with Crippen LogP contribution in [0.15, 0.2) is 12.2 Å². The second kappa shape index (κ2) is 10.8. The zero-order chi connectivity index (χ0) is 13.9. The van der Waals surface area contributed by atoms with Crippen molar-refractivity contribution in [3.63, 3.8) is 0 Å². The van der Waals surface area contributed by atoms with E-state index in [1.807, 2.05) is 6.08 Å². The second-order valence-corrected chi connectivity index (χ2v) is 9.73. The van der Waals surface area contributed by atoms with Crippen molar-refractivity contribution in [1.29, 1.82) is 0 Å². The summed E-state index contributed by atoms with van der Waals surface area (Å²) in [6.07, 6.45) is 8.95. The Morgan fingerprint density at radius 2 is 1.67 bits per heavy atom. The van der Waals surface area contributed by atoms with Crippen LogP contribution in [0.2, 0.25) is 18.1 Å². The highest BCUT2D eigenvalue weighted by Gasteiger charge is 2.30. The Labute approximate surface area is 115 Å². The molecule has 0 bridgehead atoms. The summed E-state index contributed by atoms with van der Waals surface area (Å²) in [4.78, 5) is 0. The van der Waals surface area contributed by atoms with Gasteiger partial charge < -0.3 is 9.53 Å². The number of rotatable bonds is 11. The predicted molar refractivity (Wildman–Crippen MR) is 82.4 cm³/mol. The first kappa shape index (κ1) is 17.9. The van der Waals surface area contributed by atoms with Gasteiger partial charge in [0.25, 0.3) is 0 Å². The highest BCUT2D eigenvalue weighted by Crippen LogP contribution is 2.25. The molecular formula is C15H32O2Si. The Bertz CT molecular complexity index is 204. The van der Waals surface area contributed by atoms with Gasteiger partial charge in [-0.2, -0.15) is 0 Å². The van der Waals surface area contributed by atoms with Gasteiger partial charge in [0.05, 0.1) is 12.7 Å². The van der Waals surface area contributed by atoms with Gasteiger partial charge in [-0.05, 0) is 24.6 Å². The van der Waals surface area contributed by atoms with Crippen LogP contribution in [0.3, 0.4) is 0 Å². The number of aliphatic hydroxyl groups excluding tert-OH is 1. The van der Waals surface area contributed by atoms with E-state index in [4.69, 9.17) is 9.53 Å². The average Bonchev–Trinajstić information content (AvgIpc) is 2.42. The van der Waals surface area contributed by atoms with Crippen LogP contribution in [-0.4, -0.2) is 26.1 Å². The maximum absolute atomic E-state index is 8.93. The molecule has 0 heterocycles. The molecule has 0 aliphatic rings. The van der Waals surface area contributed by atoms with Gasteiger partial charge in [-0.3, -0.25) is 0 Å². The zero-order valence-corrected chi connectivity index (χ0v) is 13.7. The van der Waals surface area contributed by atoms with Crippen LogP contribution in [0, 0.1) is 0 Å². The van der Waals surface area contributed by atoms with Crippen LogP contribution in [-0.2, 0) is 4.43 Å². The molecule has 1 atom stereocenters. The molecule has 0 fully saturated rings. The lowest BCUT2D eigenvalue weighted by molar-refractivity contribution is 0.216. The van der Waals surface area contributed by atoms with E-state index in [0.29, 0.717) is 0 Å². The van der Waals surface area contributed by atoms with E-state index in [1.54, 1.807) is 0 Å². The lowest BCUT2D eigenvalue weighted by Crippen LogP contribution is -2.39. The molecule has 0 aliphatic heterocycles. The summed E-state index contributed by atoms with van der Waals surface area (Å²) in [6.45, 7) is 9.13. The molecule has 0 spiro atoms. The van der Waals surface area contributed by atoms with Crippen LogP contribution >= 0.6 is 0 Å². The highest BCUT2D eigenvalue weighted by atomic mass is 28.4. The molecule has 0 saturated heterocycles. The molecule has 0 amide bonds. The van der Waals surface area contributed by atoms with Gasteiger partial charge >= 0.3 is 0 Å². The number of hydrogen-bond donors (Lipinski definition) is 1. The van der Waals surface area contributed by atoms with E-state index in [9.17, 15) is 0 Å². The van der Waals surface area contributed by atoms with Gasteiger partial charge in [-0.25, -0.2) is 0 Å². The van der Waals surface area contributed by atoms with Crippen molar-refractivity contribution in [1.82, 2.24) is 0 Å². The fourth-order valence-corrected chi connectivity index (χ4v) is 5.16. The largest absolute Gasteiger partial charge is 0.411 e. The smallest absolute Gasteiger partial charge is 0.192 e. The molecule has 0 aliphatic carbocycles. The molecule has 0 saturated carbocycles. The van der Waals surface area contributed by atoms with Crippen LogP contribution in [0.4, 0.5) is 0 Å². The van der Waals surface area contributed by atoms with Crippen molar-refractivity contribution in [2.75, 3.05) is 6.61 Å². The first-order valence-corrected chi connectivity index (χ1v) is 10.2. The van der Waals surface area contributed by atoms with E-state index in [0.717, 1.165) is 6.42 Å². The summed E-state index contributed by atoms with van der Waals surface area (Å²) in [5.41, 5.74) is 0. The fraction of sp³-hybridized carbons (Fsp3) is 0.867. The average molecular weight is 273 g/mol. The van der Waals surface area contributed by atoms with E-state index in [-0.39, 0.29) is 12.7 Å². The number of hydrogen-bond acceptors (Lipinski definition) is 2. The lowest BCUT2D eigenvalue weighted by Gasteiger charge is -2.32. The van der Waals surface area contributed by atoms with Crippen molar-refractivity contribution in [2.45, 2.75) is 77.6 Å². The minimum absolute atomic E-state index is 0.118. The summed E-state index contributed by atoms with van der Waals surface area (Å²) in [7, 11) is -1.52. The minimum atomic E-state index is -1.52. The molecule has 0 rings (SSSR count). The third-order valence-electron chi connectivity index (χ3n) is 3.88. The van der Waals surface area contributed by atoms with Gasteiger partial charge in [0.2, 0.25) is 0 Å². The van der Waals surface area contributed by atoms with Crippen molar-refractivity contribution in [3.05, 3.63) is 12.2 Å². The maximum atomic E-state index is 8.93. The standard InChI is InChI=1S/C15H32O2Si/c1-5-9-10-12-15(13-11-14-16)17-18(6-2,7-3)8-4/h11,13,15-16H,5-10,12,14H2,1-4H3/b13-11+/t15-/m0/s1. The molecule has 2 nitrogen and oxygen atoms in total. The quantitative estimate of drug-likeness (QED) is 0.341. The Kier molecular flexibility index (Phi) is 10.7. The topological polar surface area (TPSA) is 29.5 Å². The van der Waals surface area contributed by atoms with Gasteiger partial charge in [0, 0.05) is 0 Å². The summed E-state index contributed by atoms with van der Waals surface area (Å²) in [5.74, 6) is 0. The predicted octanol–water partition coefficient (Wildman–Crippen LogP) is 4.51. The van der Waals surface area contributed by atoms with E-state index in [2.05, 4.69) is 33.8 Å². The third-order valence-corrected chi connectivity index (χ3v) is 8.55. The monoisotopic (exact) mass is 272 g/mol. The Morgan fingerprint density at radius 1 is 1.06 bits per heavy atom. The summed E-state index contributed by atoms with van der Waals surface area (Å²) in [5, 5.41) is 8.93. The molecule has 0 aromatic rings. The summed E-state index contributed by atoms with van der Waals surface area (Å²) in [6, 6.07) is 3.58. The molecule has 3 heteroatoms. The van der Waals surface area contributed by atoms with Gasteiger partial charge in [0.15, 0.2) is 8.32 Å². The lowest BCUT2D eigenvalue weighted by atomic mass is 10.1. The molecule has 18 heavy (non-hydrogen) atoms.